The van der Waals surface area contributed by atoms with Crippen molar-refractivity contribution in [1.29, 1.82) is 0 Å². The Bertz CT molecular complexity index is 674. The maximum absolute atomic E-state index is 11.2. The molecule has 29 heavy (non-hydrogen) atoms. The van der Waals surface area contributed by atoms with E-state index < -0.39 is 0 Å². The van der Waals surface area contributed by atoms with E-state index in [4.69, 9.17) is 5.73 Å². The van der Waals surface area contributed by atoms with Crippen LogP contribution in [-0.4, -0.2) is 80.0 Å². The van der Waals surface area contributed by atoms with E-state index in [1.165, 1.54) is 0 Å². The molecule has 1 atom stereocenters. The maximum Gasteiger partial charge on any atom is 0.217 e. The number of amides is 1. The van der Waals surface area contributed by atoms with Crippen LogP contribution in [0.2, 0.25) is 0 Å². The Balaban J connectivity index is 0.00000300. The van der Waals surface area contributed by atoms with Gasteiger partial charge in [0.1, 0.15) is 5.82 Å². The van der Waals surface area contributed by atoms with Crippen molar-refractivity contribution in [2.75, 3.05) is 58.3 Å². The predicted molar refractivity (Wildman–Crippen MR) is 128 cm³/mol. The predicted octanol–water partition coefficient (Wildman–Crippen LogP) is 1.11. The van der Waals surface area contributed by atoms with Crippen LogP contribution in [0.4, 0.5) is 5.82 Å². The third-order valence-corrected chi connectivity index (χ3v) is 5.61. The molecule has 2 saturated heterocycles. The highest BCUT2D eigenvalue weighted by Crippen LogP contribution is 2.19. The number of piperazine rings is 1. The number of nitrogens with two attached hydrogens (primary N) is 1. The number of nitrogens with one attached hydrogen (secondary N) is 1. The molecule has 0 bridgehead atoms. The van der Waals surface area contributed by atoms with E-state index in [1.54, 1.807) is 7.05 Å². The van der Waals surface area contributed by atoms with Gasteiger partial charge in [0.2, 0.25) is 5.91 Å². The van der Waals surface area contributed by atoms with Crippen LogP contribution in [0.3, 0.4) is 0 Å². The molecule has 0 spiro atoms. The number of pyridine rings is 1. The summed E-state index contributed by atoms with van der Waals surface area (Å²) in [7, 11) is 3.96. The van der Waals surface area contributed by atoms with Crippen LogP contribution in [0.5, 0.6) is 0 Å². The average molecular weight is 515 g/mol. The average Bonchev–Trinajstić information content (AvgIpc) is 2.69. The summed E-state index contributed by atoms with van der Waals surface area (Å²) in [4.78, 5) is 27.2. The van der Waals surface area contributed by atoms with Gasteiger partial charge >= 0.3 is 0 Å². The van der Waals surface area contributed by atoms with E-state index in [1.807, 2.05) is 6.20 Å². The molecule has 2 aliphatic heterocycles. The normalized spacial score (nSPS) is 20.9. The van der Waals surface area contributed by atoms with Crippen LogP contribution < -0.4 is 16.0 Å². The Labute approximate surface area is 190 Å². The molecule has 8 nitrogen and oxygen atoms in total. The second-order valence-electron chi connectivity index (χ2n) is 7.84. The molecule has 3 heterocycles. The molecule has 3 rings (SSSR count). The molecule has 2 aliphatic rings. The van der Waals surface area contributed by atoms with E-state index in [2.05, 4.69) is 49.2 Å². The van der Waals surface area contributed by atoms with Crippen LogP contribution in [0.1, 0.15) is 24.8 Å². The summed E-state index contributed by atoms with van der Waals surface area (Å²) in [5, 5.41) is 3.43. The molecule has 2 fully saturated rings. The van der Waals surface area contributed by atoms with Crippen LogP contribution in [0.25, 0.3) is 0 Å². The van der Waals surface area contributed by atoms with Gasteiger partial charge in [-0.3, -0.25) is 9.79 Å². The van der Waals surface area contributed by atoms with Gasteiger partial charge in [-0.25, -0.2) is 4.98 Å². The van der Waals surface area contributed by atoms with Gasteiger partial charge in [0.15, 0.2) is 5.96 Å². The van der Waals surface area contributed by atoms with Gasteiger partial charge < -0.3 is 25.8 Å². The number of carbonyl (C=O) groups is 1. The number of rotatable bonds is 5. The summed E-state index contributed by atoms with van der Waals surface area (Å²) < 4.78 is 0. The number of nitrogens with zero attached hydrogens (tertiary/aromatic N) is 5. The van der Waals surface area contributed by atoms with Crippen LogP contribution in [0, 0.1) is 5.92 Å². The Hall–Kier alpha value is -1.62. The number of aliphatic imine (C=N–C) groups is 1. The fourth-order valence-corrected chi connectivity index (χ4v) is 3.97. The molecule has 1 aromatic heterocycles. The Morgan fingerprint density at radius 2 is 2.03 bits per heavy atom. The Morgan fingerprint density at radius 1 is 1.28 bits per heavy atom. The molecular weight excluding hydrogens is 481 g/mol. The number of hydrogen-bond acceptors (Lipinski definition) is 5. The highest BCUT2D eigenvalue weighted by Gasteiger charge is 2.23. The maximum atomic E-state index is 11.2. The quantitative estimate of drug-likeness (QED) is 0.347. The van der Waals surface area contributed by atoms with E-state index in [9.17, 15) is 4.79 Å². The lowest BCUT2D eigenvalue weighted by atomic mass is 9.95. The molecule has 0 aromatic carbocycles. The van der Waals surface area contributed by atoms with Crippen molar-refractivity contribution in [2.24, 2.45) is 16.6 Å². The van der Waals surface area contributed by atoms with E-state index in [-0.39, 0.29) is 29.9 Å². The molecule has 0 aliphatic carbocycles. The molecule has 1 amide bonds. The molecular formula is C20H34IN7O. The third kappa shape index (κ3) is 6.98. The number of guanidine groups is 1. The minimum Gasteiger partial charge on any atom is -0.370 e. The van der Waals surface area contributed by atoms with Gasteiger partial charge in [-0.2, -0.15) is 0 Å². The third-order valence-electron chi connectivity index (χ3n) is 5.61. The summed E-state index contributed by atoms with van der Waals surface area (Å²) in [5.74, 6) is 2.01. The first kappa shape index (κ1) is 23.7. The summed E-state index contributed by atoms with van der Waals surface area (Å²) in [6.45, 7) is 6.66. The number of piperidine rings is 1. The lowest BCUT2D eigenvalue weighted by Crippen LogP contribution is -2.47. The molecule has 3 N–H and O–H groups in total. The van der Waals surface area contributed by atoms with Gasteiger partial charge in [0.05, 0.1) is 0 Å². The minimum atomic E-state index is -0.221. The van der Waals surface area contributed by atoms with Crippen molar-refractivity contribution in [2.45, 2.75) is 25.8 Å². The summed E-state index contributed by atoms with van der Waals surface area (Å²) in [5.41, 5.74) is 6.50. The molecule has 9 heteroatoms. The number of likely N-dealkylation sites (N-methyl/N-ethyl adjacent to an activating group) is 1. The van der Waals surface area contributed by atoms with Crippen molar-refractivity contribution in [3.8, 4) is 0 Å². The molecule has 1 aromatic rings. The molecule has 1 unspecified atom stereocenters. The summed E-state index contributed by atoms with van der Waals surface area (Å²) in [6.07, 6.45) is 4.50. The van der Waals surface area contributed by atoms with Gasteiger partial charge in [0, 0.05) is 65.5 Å². The minimum absolute atomic E-state index is 0. The number of hydrogen-bond donors (Lipinski definition) is 2. The largest absolute Gasteiger partial charge is 0.370 e. The number of likely N-dealkylation sites (tertiary alicyclic amines) is 1. The number of anilines is 1. The number of halogens is 1. The lowest BCUT2D eigenvalue weighted by Gasteiger charge is -2.34. The zero-order valence-electron chi connectivity index (χ0n) is 17.5. The van der Waals surface area contributed by atoms with Crippen LogP contribution in [0.15, 0.2) is 23.3 Å². The second-order valence-corrected chi connectivity index (χ2v) is 7.84. The fraction of sp³-hybridized carbons (Fsp3) is 0.650. The molecule has 162 valence electrons. The highest BCUT2D eigenvalue weighted by molar-refractivity contribution is 14.0. The Kier molecular flexibility index (Phi) is 9.41. The second kappa shape index (κ2) is 11.5. The fourth-order valence-electron chi connectivity index (χ4n) is 3.97. The van der Waals surface area contributed by atoms with Crippen molar-refractivity contribution < 1.29 is 4.79 Å². The number of carbonyl (C=O) groups excluding carboxylic acids is 1. The van der Waals surface area contributed by atoms with E-state index in [0.29, 0.717) is 18.9 Å². The van der Waals surface area contributed by atoms with Gasteiger partial charge in [-0.05, 0) is 37.4 Å². The van der Waals surface area contributed by atoms with Crippen molar-refractivity contribution in [3.05, 3.63) is 23.9 Å². The van der Waals surface area contributed by atoms with Crippen molar-refractivity contribution >= 4 is 41.7 Å². The van der Waals surface area contributed by atoms with Crippen molar-refractivity contribution in [3.63, 3.8) is 0 Å². The Morgan fingerprint density at radius 3 is 2.66 bits per heavy atom. The zero-order valence-corrected chi connectivity index (χ0v) is 19.8. The smallest absolute Gasteiger partial charge is 0.217 e. The van der Waals surface area contributed by atoms with Crippen LogP contribution >= 0.6 is 24.0 Å². The number of aromatic nitrogens is 1. The van der Waals surface area contributed by atoms with E-state index >= 15 is 0 Å². The summed E-state index contributed by atoms with van der Waals surface area (Å²) in [6, 6.07) is 4.24. The van der Waals surface area contributed by atoms with Gasteiger partial charge in [-0.15, -0.1) is 24.0 Å². The van der Waals surface area contributed by atoms with E-state index in [0.717, 1.165) is 69.5 Å². The topological polar surface area (TPSA) is 90.1 Å². The first-order valence-electron chi connectivity index (χ1n) is 10.2. The first-order valence-corrected chi connectivity index (χ1v) is 10.2. The monoisotopic (exact) mass is 515 g/mol. The van der Waals surface area contributed by atoms with Gasteiger partial charge in [-0.1, -0.05) is 6.07 Å². The molecule has 0 radical (unpaired) electrons. The lowest BCUT2D eigenvalue weighted by molar-refractivity contribution is -0.119. The summed E-state index contributed by atoms with van der Waals surface area (Å²) >= 11 is 0. The zero-order chi connectivity index (χ0) is 19.9. The number of primary amides is 1. The van der Waals surface area contributed by atoms with Crippen molar-refractivity contribution in [1.82, 2.24) is 20.1 Å². The molecule has 0 saturated carbocycles. The SMILES string of the molecule is CN=C(NCc1ccc(N2CCN(C)CC2)nc1)N1CCCC(CC(N)=O)C1.I. The standard InChI is InChI=1S/C20H33N7O.HI/c1-22-20(27-7-3-4-16(15-27)12-18(21)28)24-14-17-5-6-19(23-13-17)26-10-8-25(2)9-11-26;/h5-6,13,16H,3-4,7-12,14-15H2,1-2H3,(H2,21,28)(H,22,24);1H. The highest BCUT2D eigenvalue weighted by atomic mass is 127. The first-order chi connectivity index (χ1) is 13.5. The van der Waals surface area contributed by atoms with Gasteiger partial charge in [0.25, 0.3) is 0 Å². The van der Waals surface area contributed by atoms with Crippen LogP contribution in [-0.2, 0) is 11.3 Å².